The van der Waals surface area contributed by atoms with Gasteiger partial charge in [0.15, 0.2) is 5.82 Å². The first-order valence-corrected chi connectivity index (χ1v) is 6.52. The van der Waals surface area contributed by atoms with Crippen molar-refractivity contribution in [2.75, 3.05) is 11.9 Å². The Kier molecular flexibility index (Phi) is 3.80. The highest BCUT2D eigenvalue weighted by molar-refractivity contribution is 9.10. The number of benzene rings is 1. The lowest BCUT2D eigenvalue weighted by atomic mass is 10.1. The maximum Gasteiger partial charge on any atom is 0.152 e. The lowest BCUT2D eigenvalue weighted by Crippen LogP contribution is -2.04. The zero-order valence-electron chi connectivity index (χ0n) is 10.2. The second-order valence-electron chi connectivity index (χ2n) is 4.13. The molecular weight excluding hydrogens is 302 g/mol. The number of hydrogen-bond donors (Lipinski definition) is 1. The molecule has 0 saturated carbocycles. The summed E-state index contributed by atoms with van der Waals surface area (Å²) < 4.78 is 27.4. The van der Waals surface area contributed by atoms with Crippen molar-refractivity contribution in [2.24, 2.45) is 0 Å². The first-order chi connectivity index (χ1) is 8.54. The van der Waals surface area contributed by atoms with Crippen molar-refractivity contribution >= 4 is 32.7 Å². The van der Waals surface area contributed by atoms with Crippen LogP contribution in [0.2, 0.25) is 0 Å². The summed E-state index contributed by atoms with van der Waals surface area (Å²) >= 11 is 3.12. The smallest absolute Gasteiger partial charge is 0.152 e. The lowest BCUT2D eigenvalue weighted by Gasteiger charge is -2.11. The van der Waals surface area contributed by atoms with Gasteiger partial charge in [0.2, 0.25) is 0 Å². The van der Waals surface area contributed by atoms with Crippen molar-refractivity contribution in [3.05, 3.63) is 33.8 Å². The van der Waals surface area contributed by atoms with Crippen LogP contribution < -0.4 is 5.32 Å². The van der Waals surface area contributed by atoms with Crippen molar-refractivity contribution in [1.29, 1.82) is 0 Å². The van der Waals surface area contributed by atoms with Crippen LogP contribution in [0.5, 0.6) is 0 Å². The number of hydrogen-bond acceptors (Lipinski definition) is 2. The van der Waals surface area contributed by atoms with Gasteiger partial charge in [-0.05, 0) is 40.9 Å². The first kappa shape index (κ1) is 13.2. The third kappa shape index (κ3) is 2.32. The fraction of sp³-hybridized carbons (Fsp3) is 0.308. The molecular formula is C13H13BrF2N2. The van der Waals surface area contributed by atoms with Crippen LogP contribution in [0.15, 0.2) is 16.6 Å². The normalized spacial score (nSPS) is 10.9. The molecule has 1 aromatic heterocycles. The van der Waals surface area contributed by atoms with E-state index in [2.05, 4.69) is 26.2 Å². The quantitative estimate of drug-likeness (QED) is 0.849. The molecule has 0 aliphatic rings. The van der Waals surface area contributed by atoms with Crippen LogP contribution >= 0.6 is 15.9 Å². The maximum absolute atomic E-state index is 13.7. The summed E-state index contributed by atoms with van der Waals surface area (Å²) in [7, 11) is 0. The summed E-state index contributed by atoms with van der Waals surface area (Å²) in [6, 6.07) is 2.58. The van der Waals surface area contributed by atoms with Gasteiger partial charge in [0.1, 0.15) is 17.2 Å². The van der Waals surface area contributed by atoms with Crippen molar-refractivity contribution < 1.29 is 8.78 Å². The summed E-state index contributed by atoms with van der Waals surface area (Å²) in [6.07, 6.45) is 0.953. The van der Waals surface area contributed by atoms with Crippen LogP contribution in [0.3, 0.4) is 0 Å². The molecule has 1 heterocycles. The third-order valence-corrected chi connectivity index (χ3v) is 3.49. The highest BCUT2D eigenvalue weighted by Gasteiger charge is 2.13. The van der Waals surface area contributed by atoms with Crippen molar-refractivity contribution in [1.82, 2.24) is 4.98 Å². The number of fused-ring (bicyclic) bond motifs is 1. The molecule has 2 nitrogen and oxygen atoms in total. The zero-order valence-corrected chi connectivity index (χ0v) is 11.7. The average molecular weight is 315 g/mol. The predicted octanol–water partition coefficient (Wildman–Crippen LogP) is 4.41. The van der Waals surface area contributed by atoms with E-state index in [0.29, 0.717) is 11.2 Å². The molecule has 0 aliphatic heterocycles. The monoisotopic (exact) mass is 314 g/mol. The molecule has 1 aromatic carbocycles. The highest BCUT2D eigenvalue weighted by atomic mass is 79.9. The van der Waals surface area contributed by atoms with Crippen LogP contribution in [-0.2, 0) is 0 Å². The van der Waals surface area contributed by atoms with Crippen molar-refractivity contribution in [3.8, 4) is 0 Å². The number of pyridine rings is 1. The molecule has 0 aliphatic carbocycles. The van der Waals surface area contributed by atoms with E-state index in [4.69, 9.17) is 0 Å². The van der Waals surface area contributed by atoms with Crippen LogP contribution in [0.4, 0.5) is 14.6 Å². The number of nitrogens with one attached hydrogen (secondary N) is 1. The number of halogens is 3. The van der Waals surface area contributed by atoms with Gasteiger partial charge < -0.3 is 5.32 Å². The summed E-state index contributed by atoms with van der Waals surface area (Å²) in [5, 5.41) is 3.58. The van der Waals surface area contributed by atoms with E-state index in [0.717, 1.165) is 24.6 Å². The Labute approximate surface area is 113 Å². The van der Waals surface area contributed by atoms with Gasteiger partial charge in [0, 0.05) is 18.0 Å². The molecule has 2 aromatic rings. The molecule has 0 unspecified atom stereocenters. The molecule has 1 N–H and O–H groups in total. The van der Waals surface area contributed by atoms with Crippen molar-refractivity contribution in [3.63, 3.8) is 0 Å². The zero-order chi connectivity index (χ0) is 13.3. The molecule has 5 heteroatoms. The van der Waals surface area contributed by atoms with Gasteiger partial charge in [-0.3, -0.25) is 0 Å². The summed E-state index contributed by atoms with van der Waals surface area (Å²) in [4.78, 5) is 4.23. The van der Waals surface area contributed by atoms with Gasteiger partial charge >= 0.3 is 0 Å². The molecule has 0 spiro atoms. The van der Waals surface area contributed by atoms with E-state index in [-0.39, 0.29) is 9.99 Å². The predicted molar refractivity (Wildman–Crippen MR) is 72.9 cm³/mol. The van der Waals surface area contributed by atoms with E-state index in [9.17, 15) is 8.78 Å². The Hall–Kier alpha value is -1.23. The maximum atomic E-state index is 13.7. The number of rotatable bonds is 3. The minimum atomic E-state index is -0.648. The Bertz CT molecular complexity index is 599. The van der Waals surface area contributed by atoms with E-state index < -0.39 is 11.6 Å². The molecule has 0 amide bonds. The van der Waals surface area contributed by atoms with Gasteiger partial charge in [-0.1, -0.05) is 6.92 Å². The van der Waals surface area contributed by atoms with Crippen LogP contribution in [0.25, 0.3) is 10.9 Å². The first-order valence-electron chi connectivity index (χ1n) is 5.73. The Morgan fingerprint density at radius 3 is 2.67 bits per heavy atom. The molecule has 96 valence electrons. The molecule has 0 fully saturated rings. The fourth-order valence-electron chi connectivity index (χ4n) is 1.76. The molecule has 0 radical (unpaired) electrons. The second-order valence-corrected chi connectivity index (χ2v) is 4.92. The van der Waals surface area contributed by atoms with E-state index >= 15 is 0 Å². The lowest BCUT2D eigenvalue weighted by molar-refractivity contribution is 0.586. The number of nitrogens with zero attached hydrogens (tertiary/aromatic N) is 1. The van der Waals surface area contributed by atoms with Gasteiger partial charge in [0.05, 0.1) is 4.47 Å². The van der Waals surface area contributed by atoms with Crippen molar-refractivity contribution in [2.45, 2.75) is 20.3 Å². The molecule has 0 bridgehead atoms. The van der Waals surface area contributed by atoms with Crippen LogP contribution in [0.1, 0.15) is 18.9 Å². The minimum absolute atomic E-state index is 0.174. The number of anilines is 1. The summed E-state index contributed by atoms with van der Waals surface area (Å²) in [6.45, 7) is 4.67. The SMILES string of the molecule is CCCNc1nc2c(F)cc(F)c(Br)c2cc1C. The largest absolute Gasteiger partial charge is 0.370 e. The van der Waals surface area contributed by atoms with Crippen LogP contribution in [-0.4, -0.2) is 11.5 Å². The van der Waals surface area contributed by atoms with E-state index in [1.165, 1.54) is 0 Å². The topological polar surface area (TPSA) is 24.9 Å². The Morgan fingerprint density at radius 1 is 1.28 bits per heavy atom. The average Bonchev–Trinajstić information content (AvgIpc) is 2.34. The number of aromatic nitrogens is 1. The van der Waals surface area contributed by atoms with Gasteiger partial charge in [-0.2, -0.15) is 0 Å². The van der Waals surface area contributed by atoms with Gasteiger partial charge in [0.25, 0.3) is 0 Å². The fourth-order valence-corrected chi connectivity index (χ4v) is 2.17. The third-order valence-electron chi connectivity index (χ3n) is 2.68. The summed E-state index contributed by atoms with van der Waals surface area (Å²) in [5.41, 5.74) is 1.04. The standard InChI is InChI=1S/C13H13BrF2N2/c1-3-4-17-13-7(2)5-8-11(14)9(15)6-10(16)12(8)18-13/h5-6H,3-4H2,1-2H3,(H,17,18). The summed E-state index contributed by atoms with van der Waals surface area (Å²) in [5.74, 6) is -0.623. The highest BCUT2D eigenvalue weighted by Crippen LogP contribution is 2.30. The Morgan fingerprint density at radius 2 is 2.00 bits per heavy atom. The number of aryl methyl sites for hydroxylation is 1. The van der Waals surface area contributed by atoms with Crippen LogP contribution in [0, 0.1) is 18.6 Å². The molecule has 2 rings (SSSR count). The second kappa shape index (κ2) is 5.18. The molecule has 0 saturated heterocycles. The molecule has 18 heavy (non-hydrogen) atoms. The minimum Gasteiger partial charge on any atom is -0.370 e. The van der Waals surface area contributed by atoms with E-state index in [1.807, 2.05) is 13.8 Å². The Balaban J connectivity index is 2.64. The van der Waals surface area contributed by atoms with Gasteiger partial charge in [-0.25, -0.2) is 13.8 Å². The molecule has 0 atom stereocenters. The van der Waals surface area contributed by atoms with Gasteiger partial charge in [-0.15, -0.1) is 0 Å². The van der Waals surface area contributed by atoms with E-state index in [1.54, 1.807) is 6.07 Å².